The number of carbonyl (C=O) groups excluding carboxylic acids is 1. The van der Waals surface area contributed by atoms with Crippen LogP contribution in [-0.4, -0.2) is 11.8 Å². The van der Waals surface area contributed by atoms with Crippen LogP contribution < -0.4 is 4.74 Å². The lowest BCUT2D eigenvalue weighted by Gasteiger charge is -2.09. The van der Waals surface area contributed by atoms with E-state index in [0.29, 0.717) is 12.2 Å². The molecular weight excluding hydrogens is 351 g/mol. The van der Waals surface area contributed by atoms with Gasteiger partial charge in [0.1, 0.15) is 0 Å². The molecule has 2 rings (SSSR count). The van der Waals surface area contributed by atoms with Crippen molar-refractivity contribution >= 4 is 16.8 Å². The average molecular weight is 377 g/mol. The molecule has 0 unspecified atom stereocenters. The van der Waals surface area contributed by atoms with Gasteiger partial charge in [0.05, 0.1) is 6.61 Å². The monoisotopic (exact) mass is 376 g/mol. The molecule has 0 bridgehead atoms. The highest BCUT2D eigenvalue weighted by atomic mass is 35.5. The molecule has 0 saturated heterocycles. The van der Waals surface area contributed by atoms with Crippen LogP contribution in [0.3, 0.4) is 0 Å². The van der Waals surface area contributed by atoms with Crippen LogP contribution in [0, 0.1) is 5.82 Å². The van der Waals surface area contributed by atoms with E-state index in [1.54, 1.807) is 30.3 Å². The van der Waals surface area contributed by atoms with Crippen molar-refractivity contribution in [3.05, 3.63) is 53.8 Å². The zero-order valence-electron chi connectivity index (χ0n) is 15.3. The molecule has 0 spiro atoms. The van der Waals surface area contributed by atoms with Crippen LogP contribution >= 0.6 is 11.6 Å². The highest BCUT2D eigenvalue weighted by Gasteiger charge is 2.07. The molecule has 0 aliphatic heterocycles. The first-order valence-electron chi connectivity index (χ1n) is 9.34. The SMILES string of the molecule is CCCCCCCCCOc1ccc(-c2ccc(C(=O)Cl)cc2)cc1F. The molecule has 0 aliphatic rings. The van der Waals surface area contributed by atoms with Gasteiger partial charge >= 0.3 is 0 Å². The van der Waals surface area contributed by atoms with E-state index in [1.165, 1.54) is 38.2 Å². The molecule has 0 fully saturated rings. The smallest absolute Gasteiger partial charge is 0.252 e. The fraction of sp³-hybridized carbons (Fsp3) is 0.409. The quantitative estimate of drug-likeness (QED) is 0.311. The van der Waals surface area contributed by atoms with Crippen molar-refractivity contribution in [3.8, 4) is 16.9 Å². The number of carbonyl (C=O) groups is 1. The Morgan fingerprint density at radius 3 is 2.15 bits per heavy atom. The minimum Gasteiger partial charge on any atom is -0.491 e. The van der Waals surface area contributed by atoms with Crippen LogP contribution in [0.5, 0.6) is 5.75 Å². The van der Waals surface area contributed by atoms with Crippen molar-refractivity contribution in [1.29, 1.82) is 0 Å². The van der Waals surface area contributed by atoms with E-state index < -0.39 is 5.24 Å². The molecule has 4 heteroatoms. The second kappa shape index (κ2) is 11.0. The van der Waals surface area contributed by atoms with Crippen molar-refractivity contribution in [1.82, 2.24) is 0 Å². The van der Waals surface area contributed by atoms with E-state index in [1.807, 2.05) is 6.07 Å². The molecule has 0 saturated carbocycles. The summed E-state index contributed by atoms with van der Waals surface area (Å²) in [5.41, 5.74) is 1.98. The normalized spacial score (nSPS) is 10.7. The highest BCUT2D eigenvalue weighted by Crippen LogP contribution is 2.26. The van der Waals surface area contributed by atoms with E-state index in [9.17, 15) is 9.18 Å². The van der Waals surface area contributed by atoms with Gasteiger partial charge in [-0.1, -0.05) is 63.6 Å². The van der Waals surface area contributed by atoms with Crippen LogP contribution in [0.2, 0.25) is 0 Å². The molecule has 0 radical (unpaired) electrons. The maximum absolute atomic E-state index is 14.3. The van der Waals surface area contributed by atoms with Crippen molar-refractivity contribution in [2.75, 3.05) is 6.61 Å². The van der Waals surface area contributed by atoms with E-state index in [0.717, 1.165) is 24.0 Å². The molecule has 2 aromatic carbocycles. The summed E-state index contributed by atoms with van der Waals surface area (Å²) < 4.78 is 19.8. The van der Waals surface area contributed by atoms with Crippen LogP contribution in [0.1, 0.15) is 62.2 Å². The fourth-order valence-corrected chi connectivity index (χ4v) is 2.96. The van der Waals surface area contributed by atoms with Crippen LogP contribution in [0.15, 0.2) is 42.5 Å². The van der Waals surface area contributed by atoms with Crippen molar-refractivity contribution in [3.63, 3.8) is 0 Å². The number of rotatable bonds is 11. The van der Waals surface area contributed by atoms with Crippen LogP contribution in [-0.2, 0) is 0 Å². The Labute approximate surface area is 160 Å². The van der Waals surface area contributed by atoms with Gasteiger partial charge in [-0.25, -0.2) is 4.39 Å². The third-order valence-electron chi connectivity index (χ3n) is 4.38. The second-order valence-corrected chi connectivity index (χ2v) is 6.81. The number of benzene rings is 2. The molecule has 0 heterocycles. The van der Waals surface area contributed by atoms with Gasteiger partial charge in [0.15, 0.2) is 11.6 Å². The molecule has 0 N–H and O–H groups in total. The number of hydrogen-bond donors (Lipinski definition) is 0. The zero-order chi connectivity index (χ0) is 18.8. The summed E-state index contributed by atoms with van der Waals surface area (Å²) in [5, 5.41) is -0.503. The maximum atomic E-state index is 14.3. The van der Waals surface area contributed by atoms with E-state index >= 15 is 0 Å². The summed E-state index contributed by atoms with van der Waals surface area (Å²) in [6, 6.07) is 11.7. The first-order valence-corrected chi connectivity index (χ1v) is 9.72. The molecule has 0 aromatic heterocycles. The lowest BCUT2D eigenvalue weighted by molar-refractivity contribution is 0.108. The summed E-state index contributed by atoms with van der Waals surface area (Å²) >= 11 is 5.43. The van der Waals surface area contributed by atoms with Gasteiger partial charge in [0.2, 0.25) is 0 Å². The highest BCUT2D eigenvalue weighted by molar-refractivity contribution is 6.67. The summed E-state index contributed by atoms with van der Waals surface area (Å²) in [5.74, 6) is -0.0877. The van der Waals surface area contributed by atoms with Gasteiger partial charge in [-0.2, -0.15) is 0 Å². The Hall–Kier alpha value is -1.87. The van der Waals surface area contributed by atoms with E-state index in [4.69, 9.17) is 16.3 Å². The summed E-state index contributed by atoms with van der Waals surface area (Å²) in [7, 11) is 0. The Kier molecular flexibility index (Phi) is 8.63. The first kappa shape index (κ1) is 20.4. The topological polar surface area (TPSA) is 26.3 Å². The van der Waals surface area contributed by atoms with Gasteiger partial charge < -0.3 is 4.74 Å². The molecule has 0 amide bonds. The average Bonchev–Trinajstić information content (AvgIpc) is 2.65. The van der Waals surface area contributed by atoms with Gasteiger partial charge in [-0.05, 0) is 53.4 Å². The molecule has 2 nitrogen and oxygen atoms in total. The van der Waals surface area contributed by atoms with E-state index in [-0.39, 0.29) is 11.6 Å². The predicted octanol–water partition coefficient (Wildman–Crippen LogP) is 7.00. The van der Waals surface area contributed by atoms with Crippen molar-refractivity contribution in [2.24, 2.45) is 0 Å². The van der Waals surface area contributed by atoms with Gasteiger partial charge in [0.25, 0.3) is 5.24 Å². The third kappa shape index (κ3) is 6.45. The van der Waals surface area contributed by atoms with Crippen molar-refractivity contribution in [2.45, 2.75) is 51.9 Å². The number of ether oxygens (including phenoxy) is 1. The first-order chi connectivity index (χ1) is 12.6. The molecular formula is C22H26ClFO2. The zero-order valence-corrected chi connectivity index (χ0v) is 16.0. The minimum absolute atomic E-state index is 0.285. The van der Waals surface area contributed by atoms with Gasteiger partial charge in [-0.3, -0.25) is 4.79 Å². The molecule has 0 aliphatic carbocycles. The van der Waals surface area contributed by atoms with Crippen LogP contribution in [0.4, 0.5) is 4.39 Å². The number of unbranched alkanes of at least 4 members (excludes halogenated alkanes) is 6. The largest absolute Gasteiger partial charge is 0.491 e. The molecule has 26 heavy (non-hydrogen) atoms. The Morgan fingerprint density at radius 2 is 1.54 bits per heavy atom. The lowest BCUT2D eigenvalue weighted by Crippen LogP contribution is -1.99. The molecule has 140 valence electrons. The summed E-state index contributed by atoms with van der Waals surface area (Å²) in [4.78, 5) is 11.1. The summed E-state index contributed by atoms with van der Waals surface area (Å²) in [6.07, 6.45) is 8.41. The predicted molar refractivity (Wildman–Crippen MR) is 106 cm³/mol. The number of halogens is 2. The Morgan fingerprint density at radius 1 is 0.923 bits per heavy atom. The van der Waals surface area contributed by atoms with Gasteiger partial charge in [0, 0.05) is 5.56 Å². The fourth-order valence-electron chi connectivity index (χ4n) is 2.83. The maximum Gasteiger partial charge on any atom is 0.252 e. The van der Waals surface area contributed by atoms with Crippen molar-refractivity contribution < 1.29 is 13.9 Å². The standard InChI is InChI=1S/C22H26ClFO2/c1-2-3-4-5-6-7-8-15-26-21-14-13-19(16-20(21)24)17-9-11-18(12-10-17)22(23)25/h9-14,16H,2-8,15H2,1H3. The lowest BCUT2D eigenvalue weighted by atomic mass is 10.0. The Bertz CT molecular complexity index is 698. The molecule has 2 aromatic rings. The third-order valence-corrected chi connectivity index (χ3v) is 4.60. The molecule has 0 atom stereocenters. The van der Waals surface area contributed by atoms with Crippen LogP contribution in [0.25, 0.3) is 11.1 Å². The van der Waals surface area contributed by atoms with Gasteiger partial charge in [-0.15, -0.1) is 0 Å². The number of hydrogen-bond acceptors (Lipinski definition) is 2. The Balaban J connectivity index is 1.82. The second-order valence-electron chi connectivity index (χ2n) is 6.47. The summed E-state index contributed by atoms with van der Waals surface area (Å²) in [6.45, 7) is 2.75. The minimum atomic E-state index is -0.503. The van der Waals surface area contributed by atoms with E-state index in [2.05, 4.69) is 6.92 Å².